The Kier molecular flexibility index (Phi) is 5.18. The van der Waals surface area contributed by atoms with Gasteiger partial charge in [0.1, 0.15) is 5.76 Å². The van der Waals surface area contributed by atoms with Gasteiger partial charge in [0.2, 0.25) is 5.91 Å². The zero-order chi connectivity index (χ0) is 18.0. The first kappa shape index (κ1) is 17.6. The summed E-state index contributed by atoms with van der Waals surface area (Å²) in [6.07, 6.45) is 2.04. The van der Waals surface area contributed by atoms with Crippen molar-refractivity contribution in [1.82, 2.24) is 19.9 Å². The minimum absolute atomic E-state index is 0.166. The number of amides is 1. The molecular formula is C19H26N4O2. The molecule has 2 aromatic rings. The third kappa shape index (κ3) is 4.07. The molecule has 0 saturated carbocycles. The van der Waals surface area contributed by atoms with Crippen LogP contribution < -0.4 is 0 Å². The van der Waals surface area contributed by atoms with Crippen LogP contribution in [0, 0.1) is 19.8 Å². The van der Waals surface area contributed by atoms with Crippen LogP contribution in [0.15, 0.2) is 22.7 Å². The van der Waals surface area contributed by atoms with Crippen molar-refractivity contribution in [2.24, 2.45) is 5.92 Å². The van der Waals surface area contributed by atoms with Gasteiger partial charge >= 0.3 is 0 Å². The number of hydrogen-bond donors (Lipinski definition) is 0. The van der Waals surface area contributed by atoms with Gasteiger partial charge in [-0.15, -0.1) is 0 Å². The number of pyridine rings is 1. The number of hydrogen-bond acceptors (Lipinski definition) is 5. The fourth-order valence-electron chi connectivity index (χ4n) is 3.43. The van der Waals surface area contributed by atoms with Crippen molar-refractivity contribution in [1.29, 1.82) is 0 Å². The van der Waals surface area contributed by atoms with E-state index in [0.717, 1.165) is 54.3 Å². The molecule has 2 aromatic heterocycles. The molecule has 25 heavy (non-hydrogen) atoms. The smallest absolute Gasteiger partial charge is 0.236 e. The maximum absolute atomic E-state index is 11.9. The van der Waals surface area contributed by atoms with Crippen LogP contribution in [0.2, 0.25) is 0 Å². The topological polar surface area (TPSA) is 62.5 Å². The zero-order valence-electron chi connectivity index (χ0n) is 15.5. The van der Waals surface area contributed by atoms with Gasteiger partial charge in [0.15, 0.2) is 0 Å². The minimum Gasteiger partial charge on any atom is -0.361 e. The van der Waals surface area contributed by atoms with E-state index < -0.39 is 0 Å². The molecule has 0 bridgehead atoms. The summed E-state index contributed by atoms with van der Waals surface area (Å²) in [4.78, 5) is 20.6. The standard InChI is InChI=1S/C19H26N4O2/c1-13-19(14(2)25-21-13)17-7-5-6-16(20-17)10-15-8-9-23(11-15)12-18(24)22(3)4/h5-7,15H,8-12H2,1-4H3. The monoisotopic (exact) mass is 342 g/mol. The van der Waals surface area contributed by atoms with E-state index in [0.29, 0.717) is 12.5 Å². The van der Waals surface area contributed by atoms with Crippen molar-refractivity contribution in [2.75, 3.05) is 33.7 Å². The van der Waals surface area contributed by atoms with Gasteiger partial charge in [-0.3, -0.25) is 14.7 Å². The molecular weight excluding hydrogens is 316 g/mol. The molecule has 0 aromatic carbocycles. The number of aryl methyl sites for hydroxylation is 2. The zero-order valence-corrected chi connectivity index (χ0v) is 15.5. The van der Waals surface area contributed by atoms with Crippen molar-refractivity contribution in [3.05, 3.63) is 35.3 Å². The molecule has 0 aliphatic carbocycles. The molecule has 1 aliphatic heterocycles. The van der Waals surface area contributed by atoms with E-state index >= 15 is 0 Å². The summed E-state index contributed by atoms with van der Waals surface area (Å²) in [5, 5.41) is 4.02. The van der Waals surface area contributed by atoms with Crippen molar-refractivity contribution < 1.29 is 9.32 Å². The Morgan fingerprint density at radius 3 is 2.84 bits per heavy atom. The molecule has 3 heterocycles. The first-order valence-electron chi connectivity index (χ1n) is 8.75. The van der Waals surface area contributed by atoms with Crippen LogP contribution in [0.3, 0.4) is 0 Å². The lowest BCUT2D eigenvalue weighted by atomic mass is 10.0. The van der Waals surface area contributed by atoms with Crippen molar-refractivity contribution in [2.45, 2.75) is 26.7 Å². The van der Waals surface area contributed by atoms with Crippen LogP contribution in [0.4, 0.5) is 0 Å². The number of likely N-dealkylation sites (tertiary alicyclic amines) is 1. The molecule has 134 valence electrons. The quantitative estimate of drug-likeness (QED) is 0.834. The third-order valence-electron chi connectivity index (χ3n) is 4.82. The molecule has 1 unspecified atom stereocenters. The number of rotatable bonds is 5. The van der Waals surface area contributed by atoms with Crippen LogP contribution in [-0.4, -0.2) is 59.6 Å². The van der Waals surface area contributed by atoms with Gasteiger partial charge in [-0.1, -0.05) is 11.2 Å². The Labute approximate surface area is 148 Å². The van der Waals surface area contributed by atoms with Crippen LogP contribution in [0.5, 0.6) is 0 Å². The molecule has 1 fully saturated rings. The molecule has 3 rings (SSSR count). The van der Waals surface area contributed by atoms with E-state index in [2.05, 4.69) is 16.1 Å². The summed E-state index contributed by atoms with van der Waals surface area (Å²) in [5.41, 5.74) is 3.87. The van der Waals surface area contributed by atoms with E-state index in [9.17, 15) is 4.79 Å². The van der Waals surface area contributed by atoms with Gasteiger partial charge in [-0.05, 0) is 51.3 Å². The van der Waals surface area contributed by atoms with Crippen LogP contribution in [-0.2, 0) is 11.2 Å². The maximum Gasteiger partial charge on any atom is 0.236 e. The summed E-state index contributed by atoms with van der Waals surface area (Å²) >= 11 is 0. The van der Waals surface area contributed by atoms with Crippen LogP contribution >= 0.6 is 0 Å². The molecule has 6 heteroatoms. The fourth-order valence-corrected chi connectivity index (χ4v) is 3.43. The van der Waals surface area contributed by atoms with E-state index in [1.165, 1.54) is 0 Å². The average molecular weight is 342 g/mol. The summed E-state index contributed by atoms with van der Waals surface area (Å²) < 4.78 is 5.26. The van der Waals surface area contributed by atoms with Gasteiger partial charge < -0.3 is 9.42 Å². The Morgan fingerprint density at radius 2 is 2.16 bits per heavy atom. The molecule has 1 amide bonds. The Bertz CT molecular complexity index is 734. The van der Waals surface area contributed by atoms with Crippen molar-refractivity contribution in [3.63, 3.8) is 0 Å². The van der Waals surface area contributed by atoms with E-state index in [1.54, 1.807) is 19.0 Å². The predicted molar refractivity (Wildman–Crippen MR) is 96.2 cm³/mol. The van der Waals surface area contributed by atoms with Gasteiger partial charge in [-0.2, -0.15) is 0 Å². The SMILES string of the molecule is Cc1noc(C)c1-c1cccc(CC2CCN(CC(=O)N(C)C)C2)n1. The van der Waals surface area contributed by atoms with Crippen LogP contribution in [0.1, 0.15) is 23.6 Å². The molecule has 0 spiro atoms. The van der Waals surface area contributed by atoms with Gasteiger partial charge in [0.25, 0.3) is 0 Å². The highest BCUT2D eigenvalue weighted by molar-refractivity contribution is 5.77. The third-order valence-corrected chi connectivity index (χ3v) is 4.82. The number of nitrogens with zero attached hydrogens (tertiary/aromatic N) is 4. The van der Waals surface area contributed by atoms with E-state index in [4.69, 9.17) is 9.51 Å². The first-order valence-corrected chi connectivity index (χ1v) is 8.75. The summed E-state index contributed by atoms with van der Waals surface area (Å²) in [5.74, 6) is 1.51. The maximum atomic E-state index is 11.9. The molecule has 0 radical (unpaired) electrons. The number of likely N-dealkylation sites (N-methyl/N-ethyl adjacent to an activating group) is 1. The first-order chi connectivity index (χ1) is 11.9. The lowest BCUT2D eigenvalue weighted by molar-refractivity contribution is -0.129. The van der Waals surface area contributed by atoms with Gasteiger partial charge in [0, 0.05) is 26.3 Å². The molecule has 1 atom stereocenters. The second-order valence-corrected chi connectivity index (χ2v) is 7.10. The average Bonchev–Trinajstić information content (AvgIpc) is 3.14. The normalized spacial score (nSPS) is 17.8. The molecule has 1 aliphatic rings. The Hall–Kier alpha value is -2.21. The molecule has 6 nitrogen and oxygen atoms in total. The second kappa shape index (κ2) is 7.35. The number of carbonyl (C=O) groups is 1. The lowest BCUT2D eigenvalue weighted by Crippen LogP contribution is -2.35. The number of carbonyl (C=O) groups excluding carboxylic acids is 1. The number of aromatic nitrogens is 2. The van der Waals surface area contributed by atoms with E-state index in [1.807, 2.05) is 26.0 Å². The van der Waals surface area contributed by atoms with Crippen molar-refractivity contribution in [3.8, 4) is 11.3 Å². The summed E-state index contributed by atoms with van der Waals surface area (Å²) in [6.45, 7) is 6.30. The highest BCUT2D eigenvalue weighted by Crippen LogP contribution is 2.26. The molecule has 1 saturated heterocycles. The van der Waals surface area contributed by atoms with Gasteiger partial charge in [0.05, 0.1) is 23.5 Å². The minimum atomic E-state index is 0.166. The van der Waals surface area contributed by atoms with Crippen LogP contribution in [0.25, 0.3) is 11.3 Å². The summed E-state index contributed by atoms with van der Waals surface area (Å²) in [7, 11) is 3.61. The van der Waals surface area contributed by atoms with E-state index in [-0.39, 0.29) is 5.91 Å². The predicted octanol–water partition coefficient (Wildman–Crippen LogP) is 2.31. The highest BCUT2D eigenvalue weighted by atomic mass is 16.5. The molecule has 0 N–H and O–H groups in total. The summed E-state index contributed by atoms with van der Waals surface area (Å²) in [6, 6.07) is 6.13. The Balaban J connectivity index is 1.65. The fraction of sp³-hybridized carbons (Fsp3) is 0.526. The lowest BCUT2D eigenvalue weighted by Gasteiger charge is -2.18. The van der Waals surface area contributed by atoms with Crippen molar-refractivity contribution >= 4 is 5.91 Å². The largest absolute Gasteiger partial charge is 0.361 e. The second-order valence-electron chi connectivity index (χ2n) is 7.10. The Morgan fingerprint density at radius 1 is 1.36 bits per heavy atom. The van der Waals surface area contributed by atoms with Gasteiger partial charge in [-0.25, -0.2) is 0 Å². The highest BCUT2D eigenvalue weighted by Gasteiger charge is 2.25.